The number of phenolic OH excluding ortho intramolecular Hbond substituents is 1. The molecule has 0 amide bonds. The molecule has 0 unspecified atom stereocenters. The molecular formula is C28H26N4O3. The molecule has 0 spiro atoms. The maximum absolute atomic E-state index is 11.9. The number of hydrazine groups is 1. The van der Waals surface area contributed by atoms with Crippen molar-refractivity contribution in [3.63, 3.8) is 0 Å². The lowest BCUT2D eigenvalue weighted by molar-refractivity contribution is 0.101. The van der Waals surface area contributed by atoms with Gasteiger partial charge in [0.2, 0.25) is 0 Å². The standard InChI is InChI=1S/C28H26N4O3/c1-18(33)23-12-13-25(26(27(23)34)24-7-2-3-14-31-24)35-17-20-10-8-19(9-11-20)15-21-5-4-6-22(16-21)28(29)32-30/h2-14,16,34H,15,17,30H2,1H3,(H2,29,32). The first-order chi connectivity index (χ1) is 17.0. The number of amidine groups is 1. The lowest BCUT2D eigenvalue weighted by Gasteiger charge is -2.15. The number of rotatable bonds is 8. The topological polar surface area (TPSA) is 121 Å². The second-order valence-electron chi connectivity index (χ2n) is 8.11. The van der Waals surface area contributed by atoms with E-state index >= 15 is 0 Å². The van der Waals surface area contributed by atoms with Crippen LogP contribution in [0.5, 0.6) is 11.5 Å². The number of benzene rings is 3. The van der Waals surface area contributed by atoms with E-state index in [1.54, 1.807) is 30.5 Å². The Morgan fingerprint density at radius 1 is 1.00 bits per heavy atom. The first-order valence-corrected chi connectivity index (χ1v) is 11.1. The van der Waals surface area contributed by atoms with Crippen LogP contribution in [0.4, 0.5) is 0 Å². The maximum atomic E-state index is 11.9. The highest BCUT2D eigenvalue weighted by atomic mass is 16.5. The number of nitrogens with zero attached hydrogens (tertiary/aromatic N) is 1. The highest BCUT2D eigenvalue weighted by Crippen LogP contribution is 2.39. The van der Waals surface area contributed by atoms with Crippen LogP contribution >= 0.6 is 0 Å². The molecule has 1 heterocycles. The van der Waals surface area contributed by atoms with E-state index in [-0.39, 0.29) is 29.5 Å². The third-order valence-electron chi connectivity index (χ3n) is 5.63. The number of hydrogen-bond donors (Lipinski definition) is 4. The molecule has 0 aliphatic heterocycles. The number of phenols is 1. The van der Waals surface area contributed by atoms with E-state index in [4.69, 9.17) is 16.0 Å². The van der Waals surface area contributed by atoms with Gasteiger partial charge in [-0.1, -0.05) is 48.5 Å². The van der Waals surface area contributed by atoms with Crippen LogP contribution in [0.25, 0.3) is 11.3 Å². The van der Waals surface area contributed by atoms with E-state index in [9.17, 15) is 9.90 Å². The molecule has 0 radical (unpaired) electrons. The number of carbonyl (C=O) groups is 1. The molecule has 0 aliphatic rings. The molecule has 35 heavy (non-hydrogen) atoms. The van der Waals surface area contributed by atoms with Crippen LogP contribution in [0.1, 0.15) is 39.5 Å². The molecule has 0 bridgehead atoms. The van der Waals surface area contributed by atoms with Crippen molar-refractivity contribution in [1.82, 2.24) is 10.4 Å². The number of hydrogen-bond acceptors (Lipinski definition) is 6. The van der Waals surface area contributed by atoms with Gasteiger partial charge in [-0.15, -0.1) is 0 Å². The third-order valence-corrected chi connectivity index (χ3v) is 5.63. The van der Waals surface area contributed by atoms with Crippen molar-refractivity contribution in [2.45, 2.75) is 20.0 Å². The normalized spacial score (nSPS) is 10.6. The minimum Gasteiger partial charge on any atom is -0.506 e. The van der Waals surface area contributed by atoms with Crippen LogP contribution in [0.15, 0.2) is 85.1 Å². The maximum Gasteiger partial charge on any atom is 0.163 e. The van der Waals surface area contributed by atoms with Crippen LogP contribution in [-0.2, 0) is 13.0 Å². The van der Waals surface area contributed by atoms with E-state index in [0.29, 0.717) is 17.0 Å². The molecule has 0 saturated heterocycles. The highest BCUT2D eigenvalue weighted by molar-refractivity contribution is 6.00. The number of ketones is 1. The third kappa shape index (κ3) is 5.54. The molecule has 4 aromatic rings. The first-order valence-electron chi connectivity index (χ1n) is 11.1. The van der Waals surface area contributed by atoms with Crippen molar-refractivity contribution in [3.05, 3.63) is 113 Å². The molecule has 0 aliphatic carbocycles. The monoisotopic (exact) mass is 466 g/mol. The fourth-order valence-corrected chi connectivity index (χ4v) is 3.81. The second-order valence-corrected chi connectivity index (χ2v) is 8.11. The zero-order valence-electron chi connectivity index (χ0n) is 19.3. The summed E-state index contributed by atoms with van der Waals surface area (Å²) < 4.78 is 6.05. The van der Waals surface area contributed by atoms with Crippen molar-refractivity contribution in [1.29, 1.82) is 5.41 Å². The Kier molecular flexibility index (Phi) is 7.18. The lowest BCUT2D eigenvalue weighted by Crippen LogP contribution is -2.30. The summed E-state index contributed by atoms with van der Waals surface area (Å²) in [7, 11) is 0. The minimum atomic E-state index is -0.233. The Morgan fingerprint density at radius 2 is 1.77 bits per heavy atom. The lowest BCUT2D eigenvalue weighted by atomic mass is 10.0. The summed E-state index contributed by atoms with van der Waals surface area (Å²) in [6.45, 7) is 1.70. The molecule has 5 N–H and O–H groups in total. The van der Waals surface area contributed by atoms with E-state index in [0.717, 1.165) is 28.7 Å². The second kappa shape index (κ2) is 10.6. The molecule has 4 rings (SSSR count). The smallest absolute Gasteiger partial charge is 0.163 e. The van der Waals surface area contributed by atoms with Gasteiger partial charge in [-0.2, -0.15) is 0 Å². The van der Waals surface area contributed by atoms with Crippen molar-refractivity contribution in [3.8, 4) is 22.8 Å². The summed E-state index contributed by atoms with van der Waals surface area (Å²) in [5.41, 5.74) is 7.40. The van der Waals surface area contributed by atoms with Gasteiger partial charge in [-0.05, 0) is 60.4 Å². The van der Waals surface area contributed by atoms with Gasteiger partial charge in [0.25, 0.3) is 0 Å². The number of pyridine rings is 1. The predicted octanol–water partition coefficient (Wildman–Crippen LogP) is 4.62. The van der Waals surface area contributed by atoms with Crippen LogP contribution in [0.2, 0.25) is 0 Å². The molecule has 7 heteroatoms. The quantitative estimate of drug-likeness (QED) is 0.0989. The Morgan fingerprint density at radius 3 is 2.46 bits per heavy atom. The van der Waals surface area contributed by atoms with E-state index in [1.807, 2.05) is 54.6 Å². The summed E-state index contributed by atoms with van der Waals surface area (Å²) in [5.74, 6) is 5.60. The van der Waals surface area contributed by atoms with E-state index in [1.165, 1.54) is 6.92 Å². The van der Waals surface area contributed by atoms with Gasteiger partial charge in [-0.3, -0.25) is 15.2 Å². The fraction of sp³-hybridized carbons (Fsp3) is 0.107. The summed E-state index contributed by atoms with van der Waals surface area (Å²) in [4.78, 5) is 16.3. The van der Waals surface area contributed by atoms with Crippen molar-refractivity contribution in [2.75, 3.05) is 0 Å². The first kappa shape index (κ1) is 23.7. The van der Waals surface area contributed by atoms with Gasteiger partial charge >= 0.3 is 0 Å². The van der Waals surface area contributed by atoms with Crippen molar-refractivity contribution >= 4 is 11.6 Å². The highest BCUT2D eigenvalue weighted by Gasteiger charge is 2.19. The summed E-state index contributed by atoms with van der Waals surface area (Å²) >= 11 is 0. The Bertz CT molecular complexity index is 1350. The van der Waals surface area contributed by atoms with Crippen molar-refractivity contribution in [2.24, 2.45) is 5.84 Å². The van der Waals surface area contributed by atoms with Gasteiger partial charge < -0.3 is 15.3 Å². The fourth-order valence-electron chi connectivity index (χ4n) is 3.81. The summed E-state index contributed by atoms with van der Waals surface area (Å²) in [6.07, 6.45) is 2.35. The average Bonchev–Trinajstić information content (AvgIpc) is 2.88. The molecule has 3 aromatic carbocycles. The van der Waals surface area contributed by atoms with E-state index in [2.05, 4.69) is 10.4 Å². The summed E-state index contributed by atoms with van der Waals surface area (Å²) in [5, 5.41) is 18.6. The number of carbonyl (C=O) groups excluding carboxylic acids is 1. The minimum absolute atomic E-state index is 0.135. The Labute approximate surface area is 203 Å². The molecule has 1 aromatic heterocycles. The predicted molar refractivity (Wildman–Crippen MR) is 136 cm³/mol. The number of aromatic hydroxyl groups is 1. The zero-order valence-corrected chi connectivity index (χ0v) is 19.3. The van der Waals surface area contributed by atoms with Gasteiger partial charge in [0.15, 0.2) is 5.78 Å². The van der Waals surface area contributed by atoms with Crippen molar-refractivity contribution < 1.29 is 14.6 Å². The Hall–Kier alpha value is -4.49. The van der Waals surface area contributed by atoms with Gasteiger partial charge in [0.1, 0.15) is 23.9 Å². The molecule has 0 saturated carbocycles. The van der Waals surface area contributed by atoms with Gasteiger partial charge in [0.05, 0.1) is 16.8 Å². The number of nitrogens with one attached hydrogen (secondary N) is 2. The largest absolute Gasteiger partial charge is 0.506 e. The number of aromatic nitrogens is 1. The van der Waals surface area contributed by atoms with Gasteiger partial charge in [-0.25, -0.2) is 5.84 Å². The number of ether oxygens (including phenoxy) is 1. The molecule has 7 nitrogen and oxygen atoms in total. The van der Waals surface area contributed by atoms with Crippen LogP contribution < -0.4 is 16.0 Å². The summed E-state index contributed by atoms with van der Waals surface area (Å²) in [6, 6.07) is 24.4. The average molecular weight is 467 g/mol. The number of Topliss-reactive ketones (excluding diaryl/α,β-unsaturated/α-hetero) is 1. The zero-order chi connectivity index (χ0) is 24.8. The van der Waals surface area contributed by atoms with E-state index < -0.39 is 0 Å². The van der Waals surface area contributed by atoms with Crippen LogP contribution in [0, 0.1) is 5.41 Å². The van der Waals surface area contributed by atoms with Crippen LogP contribution in [0.3, 0.4) is 0 Å². The van der Waals surface area contributed by atoms with Crippen LogP contribution in [-0.4, -0.2) is 21.7 Å². The molecule has 176 valence electrons. The van der Waals surface area contributed by atoms with Gasteiger partial charge in [0, 0.05) is 11.8 Å². The molecule has 0 fully saturated rings. The SMILES string of the molecule is CC(=O)c1ccc(OCc2ccc(Cc3cccc(C(=N)NN)c3)cc2)c(-c2ccccn2)c1O. The molecule has 0 atom stereocenters. The number of nitrogens with two attached hydrogens (primary N) is 1. The Balaban J connectivity index is 1.50. The molecular weight excluding hydrogens is 440 g/mol.